The van der Waals surface area contributed by atoms with Crippen LogP contribution in [0.5, 0.6) is 0 Å². The summed E-state index contributed by atoms with van der Waals surface area (Å²) >= 11 is 0. The molecule has 0 unspecified atom stereocenters. The van der Waals surface area contributed by atoms with Crippen LogP contribution in [0, 0.1) is 30.6 Å². The second-order valence-electron chi connectivity index (χ2n) is 6.49. The third-order valence-electron chi connectivity index (χ3n) is 4.13. The van der Waals surface area contributed by atoms with Gasteiger partial charge in [-0.05, 0) is 63.1 Å². The molecule has 0 bridgehead atoms. The fourth-order valence-electron chi connectivity index (χ4n) is 2.30. The number of rotatable bonds is 4. The van der Waals surface area contributed by atoms with Crippen molar-refractivity contribution >= 4 is 23.2 Å². The van der Waals surface area contributed by atoms with Gasteiger partial charge in [0, 0.05) is 11.4 Å². The molecule has 0 aromatic heterocycles. The summed E-state index contributed by atoms with van der Waals surface area (Å²) in [5.74, 6) is -0.794. The van der Waals surface area contributed by atoms with Crippen molar-refractivity contribution in [3.8, 4) is 6.07 Å². The van der Waals surface area contributed by atoms with Gasteiger partial charge in [0.1, 0.15) is 5.41 Å². The van der Waals surface area contributed by atoms with Gasteiger partial charge in [0.25, 0.3) is 0 Å². The fraction of sp³-hybridized carbons (Fsp3) is 0.250. The second kappa shape index (κ2) is 7.18. The minimum Gasteiger partial charge on any atom is -0.325 e. The number of aryl methyl sites for hydroxylation is 2. The quantitative estimate of drug-likeness (QED) is 0.834. The van der Waals surface area contributed by atoms with Crippen molar-refractivity contribution in [1.29, 1.82) is 5.26 Å². The molecule has 5 heteroatoms. The molecule has 5 nitrogen and oxygen atoms in total. The van der Waals surface area contributed by atoms with Gasteiger partial charge in [-0.2, -0.15) is 5.26 Å². The molecule has 0 fully saturated rings. The molecule has 0 spiro atoms. The highest BCUT2D eigenvalue weighted by molar-refractivity contribution is 6.14. The Kier molecular flexibility index (Phi) is 5.23. The number of amides is 2. The van der Waals surface area contributed by atoms with Crippen molar-refractivity contribution in [2.24, 2.45) is 5.41 Å². The maximum atomic E-state index is 12.7. The lowest BCUT2D eigenvalue weighted by Crippen LogP contribution is -2.41. The molecule has 2 aromatic rings. The van der Waals surface area contributed by atoms with Crippen LogP contribution < -0.4 is 10.6 Å². The average Bonchev–Trinajstić information content (AvgIpc) is 2.58. The highest BCUT2D eigenvalue weighted by Crippen LogP contribution is 2.25. The van der Waals surface area contributed by atoms with Gasteiger partial charge in [0.15, 0.2) is 0 Å². The van der Waals surface area contributed by atoms with Crippen LogP contribution in [0.15, 0.2) is 42.5 Å². The molecule has 2 aromatic carbocycles. The van der Waals surface area contributed by atoms with Crippen LogP contribution >= 0.6 is 0 Å². The first-order chi connectivity index (χ1) is 11.8. The summed E-state index contributed by atoms with van der Waals surface area (Å²) in [6.45, 7) is 6.97. The van der Waals surface area contributed by atoms with Crippen LogP contribution in [0.3, 0.4) is 0 Å². The summed E-state index contributed by atoms with van der Waals surface area (Å²) in [5.41, 5.74) is 2.39. The first kappa shape index (κ1) is 18.2. The Morgan fingerprint density at radius 2 is 1.44 bits per heavy atom. The lowest BCUT2D eigenvalue weighted by Gasteiger charge is -2.24. The van der Waals surface area contributed by atoms with E-state index in [1.807, 2.05) is 38.1 Å². The number of nitrogens with zero attached hydrogens (tertiary/aromatic N) is 1. The van der Waals surface area contributed by atoms with Gasteiger partial charge in [-0.1, -0.05) is 18.2 Å². The largest absolute Gasteiger partial charge is 0.325 e. The number of hydrogen-bond donors (Lipinski definition) is 2. The van der Waals surface area contributed by atoms with Gasteiger partial charge >= 0.3 is 0 Å². The predicted molar refractivity (Wildman–Crippen MR) is 98.1 cm³/mol. The van der Waals surface area contributed by atoms with Gasteiger partial charge in [0.05, 0.1) is 11.6 Å². The molecule has 2 N–H and O–H groups in total. The number of carbonyl (C=O) groups excluding carboxylic acids is 2. The Balaban J connectivity index is 2.14. The zero-order chi connectivity index (χ0) is 18.6. The Morgan fingerprint density at radius 1 is 0.920 bits per heavy atom. The Hall–Kier alpha value is -3.13. The predicted octanol–water partition coefficient (Wildman–Crippen LogP) is 3.78. The molecular formula is C20H21N3O2. The van der Waals surface area contributed by atoms with Crippen molar-refractivity contribution < 1.29 is 9.59 Å². The third-order valence-corrected chi connectivity index (χ3v) is 4.13. The molecule has 0 radical (unpaired) electrons. The van der Waals surface area contributed by atoms with Gasteiger partial charge < -0.3 is 10.6 Å². The normalized spacial score (nSPS) is 10.7. The Labute approximate surface area is 147 Å². The third kappa shape index (κ3) is 4.04. The van der Waals surface area contributed by atoms with E-state index in [4.69, 9.17) is 5.26 Å². The number of para-hydroxylation sites is 1. The van der Waals surface area contributed by atoms with Crippen LogP contribution in [0.1, 0.15) is 30.5 Å². The molecule has 0 aliphatic heterocycles. The number of nitrogens with one attached hydrogen (secondary N) is 2. The smallest absolute Gasteiger partial charge is 0.239 e. The molecule has 0 heterocycles. The van der Waals surface area contributed by atoms with Crippen LogP contribution in [-0.4, -0.2) is 11.8 Å². The van der Waals surface area contributed by atoms with Gasteiger partial charge in [-0.15, -0.1) is 0 Å². The molecule has 2 amide bonds. The maximum absolute atomic E-state index is 12.7. The van der Waals surface area contributed by atoms with Gasteiger partial charge in [-0.25, -0.2) is 0 Å². The Morgan fingerprint density at radius 3 is 1.96 bits per heavy atom. The highest BCUT2D eigenvalue weighted by atomic mass is 16.2. The van der Waals surface area contributed by atoms with Crippen LogP contribution in [0.4, 0.5) is 11.4 Å². The van der Waals surface area contributed by atoms with E-state index in [1.165, 1.54) is 0 Å². The molecular weight excluding hydrogens is 314 g/mol. The van der Waals surface area contributed by atoms with E-state index < -0.39 is 11.3 Å². The first-order valence-corrected chi connectivity index (χ1v) is 7.95. The molecule has 2 rings (SSSR count). The van der Waals surface area contributed by atoms with Crippen molar-refractivity contribution in [3.05, 3.63) is 59.2 Å². The Bertz CT molecular complexity index is 826. The van der Waals surface area contributed by atoms with E-state index in [9.17, 15) is 9.59 Å². The molecule has 0 saturated carbocycles. The van der Waals surface area contributed by atoms with E-state index in [0.717, 1.165) is 16.8 Å². The molecule has 0 saturated heterocycles. The zero-order valence-electron chi connectivity index (χ0n) is 14.8. The van der Waals surface area contributed by atoms with Crippen LogP contribution in [-0.2, 0) is 9.59 Å². The second-order valence-corrected chi connectivity index (χ2v) is 6.49. The van der Waals surface area contributed by atoms with Crippen molar-refractivity contribution in [3.63, 3.8) is 0 Å². The van der Waals surface area contributed by atoms with Crippen molar-refractivity contribution in [2.75, 3.05) is 10.6 Å². The zero-order valence-corrected chi connectivity index (χ0v) is 14.8. The minimum atomic E-state index is -1.26. The number of benzene rings is 2. The molecule has 0 aliphatic rings. The van der Waals surface area contributed by atoms with Crippen LogP contribution in [0.2, 0.25) is 0 Å². The lowest BCUT2D eigenvalue weighted by molar-refractivity contribution is -0.135. The number of anilines is 2. The van der Waals surface area contributed by atoms with Gasteiger partial charge in [-0.3, -0.25) is 9.59 Å². The van der Waals surface area contributed by atoms with Crippen molar-refractivity contribution in [2.45, 2.75) is 27.7 Å². The van der Waals surface area contributed by atoms with E-state index >= 15 is 0 Å². The number of hydrogen-bond acceptors (Lipinski definition) is 3. The summed E-state index contributed by atoms with van der Waals surface area (Å²) in [6.07, 6.45) is 0. The summed E-state index contributed by atoms with van der Waals surface area (Å²) < 4.78 is 0. The lowest BCUT2D eigenvalue weighted by atomic mass is 9.90. The fourth-order valence-corrected chi connectivity index (χ4v) is 2.30. The highest BCUT2D eigenvalue weighted by Gasteiger charge is 2.36. The summed E-state index contributed by atoms with van der Waals surface area (Å²) in [4.78, 5) is 25.2. The average molecular weight is 335 g/mol. The molecule has 25 heavy (non-hydrogen) atoms. The first-order valence-electron chi connectivity index (χ1n) is 7.95. The van der Waals surface area contributed by atoms with Gasteiger partial charge in [0.2, 0.25) is 11.8 Å². The SMILES string of the molecule is Cc1cccc(C)c1NC(=O)C(C)(C)C(=O)Nc1ccc(C#N)cc1. The number of nitriles is 1. The number of carbonyl (C=O) groups is 2. The summed E-state index contributed by atoms with van der Waals surface area (Å²) in [7, 11) is 0. The molecule has 0 aliphatic carbocycles. The van der Waals surface area contributed by atoms with Crippen LogP contribution in [0.25, 0.3) is 0 Å². The van der Waals surface area contributed by atoms with E-state index in [-0.39, 0.29) is 5.91 Å². The van der Waals surface area contributed by atoms with E-state index in [0.29, 0.717) is 11.3 Å². The standard InChI is InChI=1S/C20H21N3O2/c1-13-6-5-7-14(2)17(13)23-19(25)20(3,4)18(24)22-16-10-8-15(12-21)9-11-16/h5-11H,1-4H3,(H,22,24)(H,23,25). The van der Waals surface area contributed by atoms with E-state index in [1.54, 1.807) is 38.1 Å². The maximum Gasteiger partial charge on any atom is 0.239 e. The molecule has 0 atom stereocenters. The van der Waals surface area contributed by atoms with E-state index in [2.05, 4.69) is 10.6 Å². The van der Waals surface area contributed by atoms with Crippen molar-refractivity contribution in [1.82, 2.24) is 0 Å². The topological polar surface area (TPSA) is 82.0 Å². The summed E-state index contributed by atoms with van der Waals surface area (Å²) in [5, 5.41) is 14.4. The molecule has 128 valence electrons. The monoisotopic (exact) mass is 335 g/mol. The summed E-state index contributed by atoms with van der Waals surface area (Å²) in [6, 6.07) is 14.2. The minimum absolute atomic E-state index is 0.379.